The van der Waals surface area contributed by atoms with E-state index in [1.165, 1.54) is 11.1 Å². The molecule has 0 aliphatic heterocycles. The molecule has 18 heavy (non-hydrogen) atoms. The van der Waals surface area contributed by atoms with Crippen LogP contribution in [0, 0.1) is 6.92 Å². The molecule has 0 fully saturated rings. The van der Waals surface area contributed by atoms with Crippen molar-refractivity contribution in [3.05, 3.63) is 71.3 Å². The lowest BCUT2D eigenvalue weighted by molar-refractivity contribution is 0.0991. The molecule has 0 atom stereocenters. The fourth-order valence-corrected chi connectivity index (χ4v) is 1.75. The van der Waals surface area contributed by atoms with E-state index in [1.54, 1.807) is 0 Å². The van der Waals surface area contributed by atoms with Crippen molar-refractivity contribution in [2.75, 3.05) is 6.54 Å². The highest BCUT2D eigenvalue weighted by Gasteiger charge is 2.03. The second-order valence-electron chi connectivity index (χ2n) is 4.38. The van der Waals surface area contributed by atoms with Crippen LogP contribution < -0.4 is 5.32 Å². The molecule has 2 rings (SSSR count). The van der Waals surface area contributed by atoms with E-state index in [1.807, 2.05) is 30.3 Å². The Balaban J connectivity index is 1.82. The summed E-state index contributed by atoms with van der Waals surface area (Å²) in [6.45, 7) is 3.16. The first-order chi connectivity index (χ1) is 8.75. The minimum Gasteiger partial charge on any atom is -0.306 e. The fraction of sp³-hybridized carbons (Fsp3) is 0.188. The van der Waals surface area contributed by atoms with E-state index in [-0.39, 0.29) is 5.78 Å². The molecule has 2 heteroatoms. The molecule has 2 nitrogen and oxygen atoms in total. The van der Waals surface area contributed by atoms with Gasteiger partial charge >= 0.3 is 0 Å². The van der Waals surface area contributed by atoms with Crippen LogP contribution >= 0.6 is 0 Å². The Bertz CT molecular complexity index is 502. The third kappa shape index (κ3) is 3.54. The summed E-state index contributed by atoms with van der Waals surface area (Å²) in [4.78, 5) is 11.8. The summed E-state index contributed by atoms with van der Waals surface area (Å²) >= 11 is 0. The van der Waals surface area contributed by atoms with Gasteiger partial charge in [0.05, 0.1) is 6.54 Å². The Morgan fingerprint density at radius 3 is 2.33 bits per heavy atom. The number of ketones is 1. The van der Waals surface area contributed by atoms with Crippen LogP contribution in [-0.4, -0.2) is 12.3 Å². The van der Waals surface area contributed by atoms with Gasteiger partial charge in [0.25, 0.3) is 0 Å². The molecule has 0 saturated heterocycles. The average molecular weight is 239 g/mol. The number of aryl methyl sites for hydroxylation is 1. The number of carbonyl (C=O) groups is 1. The summed E-state index contributed by atoms with van der Waals surface area (Å²) in [5, 5.41) is 3.17. The Morgan fingerprint density at radius 2 is 1.67 bits per heavy atom. The van der Waals surface area contributed by atoms with Crippen molar-refractivity contribution in [2.24, 2.45) is 0 Å². The second-order valence-corrected chi connectivity index (χ2v) is 4.38. The molecular formula is C16H17NO. The molecule has 0 heterocycles. The summed E-state index contributed by atoms with van der Waals surface area (Å²) in [6.07, 6.45) is 0. The summed E-state index contributed by atoms with van der Waals surface area (Å²) in [5.41, 5.74) is 3.20. The molecule has 92 valence electrons. The van der Waals surface area contributed by atoms with Crippen LogP contribution in [0.1, 0.15) is 21.5 Å². The van der Waals surface area contributed by atoms with Crippen LogP contribution in [0.2, 0.25) is 0 Å². The van der Waals surface area contributed by atoms with E-state index >= 15 is 0 Å². The number of hydrogen-bond donors (Lipinski definition) is 1. The van der Waals surface area contributed by atoms with Crippen molar-refractivity contribution in [3.63, 3.8) is 0 Å². The minimum atomic E-state index is 0.128. The van der Waals surface area contributed by atoms with Gasteiger partial charge in [0.1, 0.15) is 0 Å². The van der Waals surface area contributed by atoms with Gasteiger partial charge < -0.3 is 5.32 Å². The highest BCUT2D eigenvalue weighted by Crippen LogP contribution is 2.03. The van der Waals surface area contributed by atoms with Gasteiger partial charge in [-0.15, -0.1) is 0 Å². The van der Waals surface area contributed by atoms with E-state index < -0.39 is 0 Å². The third-order valence-corrected chi connectivity index (χ3v) is 2.83. The molecule has 0 radical (unpaired) electrons. The topological polar surface area (TPSA) is 29.1 Å². The van der Waals surface area contributed by atoms with Crippen molar-refractivity contribution in [2.45, 2.75) is 13.5 Å². The normalized spacial score (nSPS) is 10.3. The number of Topliss-reactive ketones (excluding diaryl/α,β-unsaturated/α-hetero) is 1. The Kier molecular flexibility index (Phi) is 4.26. The molecule has 0 aliphatic rings. The summed E-state index contributed by atoms with van der Waals surface area (Å²) < 4.78 is 0. The number of rotatable bonds is 5. The van der Waals surface area contributed by atoms with Crippen LogP contribution in [0.25, 0.3) is 0 Å². The van der Waals surface area contributed by atoms with Gasteiger partial charge in [-0.25, -0.2) is 0 Å². The molecule has 0 amide bonds. The van der Waals surface area contributed by atoms with Crippen molar-refractivity contribution >= 4 is 5.78 Å². The Hall–Kier alpha value is -1.93. The van der Waals surface area contributed by atoms with Gasteiger partial charge in [0, 0.05) is 12.1 Å². The van der Waals surface area contributed by atoms with Crippen LogP contribution in [-0.2, 0) is 6.54 Å². The first-order valence-electron chi connectivity index (χ1n) is 6.10. The molecule has 0 spiro atoms. The third-order valence-electron chi connectivity index (χ3n) is 2.83. The maximum Gasteiger partial charge on any atom is 0.176 e. The predicted molar refractivity (Wildman–Crippen MR) is 73.7 cm³/mol. The van der Waals surface area contributed by atoms with Crippen molar-refractivity contribution in [3.8, 4) is 0 Å². The number of nitrogens with one attached hydrogen (secondary N) is 1. The van der Waals surface area contributed by atoms with Gasteiger partial charge in [0.2, 0.25) is 0 Å². The van der Waals surface area contributed by atoms with Gasteiger partial charge in [-0.2, -0.15) is 0 Å². The van der Waals surface area contributed by atoms with Crippen LogP contribution in [0.5, 0.6) is 0 Å². The van der Waals surface area contributed by atoms with Gasteiger partial charge in [0.15, 0.2) is 5.78 Å². The standard InChI is InChI=1S/C16H17NO/c1-13-7-9-14(10-8-13)11-17-12-16(18)15-5-3-2-4-6-15/h2-10,17H,11-12H2,1H3. The van der Waals surface area contributed by atoms with E-state index in [4.69, 9.17) is 0 Å². The molecule has 0 aromatic heterocycles. The van der Waals surface area contributed by atoms with E-state index in [0.717, 1.165) is 12.1 Å². The number of hydrogen-bond acceptors (Lipinski definition) is 2. The molecular weight excluding hydrogens is 222 g/mol. The van der Waals surface area contributed by atoms with Crippen LogP contribution in [0.15, 0.2) is 54.6 Å². The summed E-state index contributed by atoms with van der Waals surface area (Å²) in [7, 11) is 0. The van der Waals surface area contributed by atoms with E-state index in [9.17, 15) is 4.79 Å². The van der Waals surface area contributed by atoms with Crippen molar-refractivity contribution in [1.29, 1.82) is 0 Å². The zero-order valence-corrected chi connectivity index (χ0v) is 10.5. The lowest BCUT2D eigenvalue weighted by atomic mass is 10.1. The summed E-state index contributed by atoms with van der Waals surface area (Å²) in [5.74, 6) is 0.128. The van der Waals surface area contributed by atoms with E-state index in [0.29, 0.717) is 6.54 Å². The molecule has 0 bridgehead atoms. The van der Waals surface area contributed by atoms with E-state index in [2.05, 4.69) is 36.5 Å². The minimum absolute atomic E-state index is 0.128. The van der Waals surface area contributed by atoms with Crippen LogP contribution in [0.4, 0.5) is 0 Å². The smallest absolute Gasteiger partial charge is 0.176 e. The van der Waals surface area contributed by atoms with Gasteiger partial charge in [-0.1, -0.05) is 60.2 Å². The highest BCUT2D eigenvalue weighted by molar-refractivity contribution is 5.97. The maximum atomic E-state index is 11.8. The lowest BCUT2D eigenvalue weighted by Crippen LogP contribution is -2.22. The Labute approximate surface area is 108 Å². The SMILES string of the molecule is Cc1ccc(CNCC(=O)c2ccccc2)cc1. The molecule has 0 saturated carbocycles. The first-order valence-corrected chi connectivity index (χ1v) is 6.10. The monoisotopic (exact) mass is 239 g/mol. The average Bonchev–Trinajstić information content (AvgIpc) is 2.42. The molecule has 0 aliphatic carbocycles. The zero-order chi connectivity index (χ0) is 12.8. The summed E-state index contributed by atoms with van der Waals surface area (Å²) in [6, 6.07) is 17.7. The Morgan fingerprint density at radius 1 is 1.00 bits per heavy atom. The number of benzene rings is 2. The largest absolute Gasteiger partial charge is 0.306 e. The highest BCUT2D eigenvalue weighted by atomic mass is 16.1. The van der Waals surface area contributed by atoms with Crippen molar-refractivity contribution in [1.82, 2.24) is 5.32 Å². The molecule has 0 unspecified atom stereocenters. The fourth-order valence-electron chi connectivity index (χ4n) is 1.75. The lowest BCUT2D eigenvalue weighted by Gasteiger charge is -2.05. The van der Waals surface area contributed by atoms with Gasteiger partial charge in [-0.05, 0) is 12.5 Å². The predicted octanol–water partition coefficient (Wildman–Crippen LogP) is 2.97. The molecule has 2 aromatic rings. The second kappa shape index (κ2) is 6.12. The quantitative estimate of drug-likeness (QED) is 0.813. The van der Waals surface area contributed by atoms with Crippen LogP contribution in [0.3, 0.4) is 0 Å². The maximum absolute atomic E-state index is 11.8. The number of carbonyl (C=O) groups excluding carboxylic acids is 1. The van der Waals surface area contributed by atoms with Gasteiger partial charge in [-0.3, -0.25) is 4.79 Å². The molecule has 2 aromatic carbocycles. The zero-order valence-electron chi connectivity index (χ0n) is 10.5. The molecule has 1 N–H and O–H groups in total. The van der Waals surface area contributed by atoms with Crippen molar-refractivity contribution < 1.29 is 4.79 Å². The first kappa shape index (κ1) is 12.5.